The molecule has 0 radical (unpaired) electrons. The Balaban J connectivity index is 1.93. The van der Waals surface area contributed by atoms with Gasteiger partial charge in [-0.25, -0.2) is 0 Å². The largest absolute Gasteiger partial charge is 0.394 e. The molecule has 6 N–H and O–H groups in total. The van der Waals surface area contributed by atoms with Crippen molar-refractivity contribution in [2.75, 3.05) is 13.2 Å². The molecule has 9 heteroatoms. The maximum atomic E-state index is 13.0. The van der Waals surface area contributed by atoms with Gasteiger partial charge in [-0.2, -0.15) is 0 Å². The lowest BCUT2D eigenvalue weighted by atomic mass is 9.99. The minimum Gasteiger partial charge on any atom is -0.394 e. The van der Waals surface area contributed by atoms with Crippen molar-refractivity contribution in [2.45, 2.75) is 378 Å². The summed E-state index contributed by atoms with van der Waals surface area (Å²) in [4.78, 5) is 13.0. The predicted molar refractivity (Wildman–Crippen MR) is 300 cm³/mol. The fourth-order valence-electron chi connectivity index (χ4n) is 10.7. The van der Waals surface area contributed by atoms with Gasteiger partial charge < -0.3 is 40.3 Å². The van der Waals surface area contributed by atoms with E-state index in [0.29, 0.717) is 12.8 Å². The van der Waals surface area contributed by atoms with E-state index in [0.717, 1.165) is 38.5 Å². The number of hydrogen-bond donors (Lipinski definition) is 6. The summed E-state index contributed by atoms with van der Waals surface area (Å²) in [6, 6.07) is -0.711. The smallest absolute Gasteiger partial charge is 0.220 e. The van der Waals surface area contributed by atoms with E-state index in [4.69, 9.17) is 9.47 Å². The minimum absolute atomic E-state index is 0.133. The molecule has 0 aromatic heterocycles. The first-order chi connectivity index (χ1) is 34.8. The maximum Gasteiger partial charge on any atom is 0.220 e. The second-order valence-electron chi connectivity index (χ2n) is 22.6. The molecule has 71 heavy (non-hydrogen) atoms. The highest BCUT2D eigenvalue weighted by Gasteiger charge is 2.44. The first-order valence-corrected chi connectivity index (χ1v) is 31.7. The Hall–Kier alpha value is -0.810. The number of ether oxygens (including phenoxy) is 2. The third-order valence-electron chi connectivity index (χ3n) is 15.7. The Morgan fingerprint density at radius 1 is 0.423 bits per heavy atom. The molecule has 0 saturated carbocycles. The minimum atomic E-state index is -1.55. The summed E-state index contributed by atoms with van der Waals surface area (Å²) in [5.74, 6) is -0.140. The van der Waals surface area contributed by atoms with Gasteiger partial charge >= 0.3 is 0 Å². The number of amides is 1. The van der Waals surface area contributed by atoms with E-state index in [1.165, 1.54) is 270 Å². The lowest BCUT2D eigenvalue weighted by molar-refractivity contribution is -0.302. The van der Waals surface area contributed by atoms with E-state index >= 15 is 0 Å². The third kappa shape index (κ3) is 42.0. The topological polar surface area (TPSA) is 149 Å². The van der Waals surface area contributed by atoms with Gasteiger partial charge in [-0.15, -0.1) is 0 Å². The van der Waals surface area contributed by atoms with Crippen LogP contribution in [-0.2, 0) is 14.3 Å². The van der Waals surface area contributed by atoms with Crippen LogP contribution >= 0.6 is 0 Å². The van der Waals surface area contributed by atoms with Gasteiger partial charge in [0.25, 0.3) is 0 Å². The van der Waals surface area contributed by atoms with Gasteiger partial charge in [0.1, 0.15) is 24.4 Å². The predicted octanol–water partition coefficient (Wildman–Crippen LogP) is 16.2. The fourth-order valence-corrected chi connectivity index (χ4v) is 10.7. The molecule has 0 aromatic carbocycles. The molecular weight excluding hydrogens is 887 g/mol. The van der Waals surface area contributed by atoms with Gasteiger partial charge in [-0.3, -0.25) is 4.79 Å². The van der Waals surface area contributed by atoms with Crippen LogP contribution in [0.5, 0.6) is 0 Å². The summed E-state index contributed by atoms with van der Waals surface area (Å²) in [6.45, 7) is 3.83. The molecule has 7 atom stereocenters. The molecular formula is C62H123NO8. The molecule has 1 aliphatic rings. The zero-order valence-corrected chi connectivity index (χ0v) is 47.3. The zero-order chi connectivity index (χ0) is 51.5. The second-order valence-corrected chi connectivity index (χ2v) is 22.6. The molecule has 1 heterocycles. The standard InChI is InChI=1S/C62H123NO8/c1-3-5-7-9-11-13-14-15-16-17-18-19-20-21-22-23-24-25-26-27-28-29-30-31-32-33-34-35-36-37-38-39-40-41-42-43-44-46-48-50-52-58(66)63-55(56(65)51-49-47-45-12-10-8-6-4-2)54-70-62-61(69)60(68)59(67)57(53-64)71-62/h55-57,59-62,64-65,67-69H,3-54H2,1-2H3,(H,63,66). The van der Waals surface area contributed by atoms with Crippen molar-refractivity contribution in [2.24, 2.45) is 0 Å². The Labute approximate surface area is 440 Å². The Morgan fingerprint density at radius 2 is 0.704 bits per heavy atom. The molecule has 0 bridgehead atoms. The van der Waals surface area contributed by atoms with Crippen LogP contribution in [0.4, 0.5) is 0 Å². The summed E-state index contributed by atoms with van der Waals surface area (Å²) in [5.41, 5.74) is 0. The van der Waals surface area contributed by atoms with Crippen LogP contribution in [0.15, 0.2) is 0 Å². The van der Waals surface area contributed by atoms with Gasteiger partial charge in [0, 0.05) is 6.42 Å². The first-order valence-electron chi connectivity index (χ1n) is 31.7. The third-order valence-corrected chi connectivity index (χ3v) is 15.7. The van der Waals surface area contributed by atoms with E-state index in [1.807, 2.05) is 0 Å². The van der Waals surface area contributed by atoms with Crippen molar-refractivity contribution in [3.8, 4) is 0 Å². The van der Waals surface area contributed by atoms with Crippen molar-refractivity contribution < 1.29 is 39.8 Å². The van der Waals surface area contributed by atoms with E-state index in [9.17, 15) is 30.3 Å². The molecule has 9 nitrogen and oxygen atoms in total. The summed E-state index contributed by atoms with van der Waals surface area (Å²) in [6.07, 6.45) is 57.9. The molecule has 1 amide bonds. The number of nitrogens with one attached hydrogen (secondary N) is 1. The quantitative estimate of drug-likeness (QED) is 0.0330. The van der Waals surface area contributed by atoms with Crippen LogP contribution in [0.25, 0.3) is 0 Å². The Morgan fingerprint density at radius 3 is 1.00 bits per heavy atom. The average Bonchev–Trinajstić information content (AvgIpc) is 3.37. The Kier molecular flexibility index (Phi) is 50.6. The first kappa shape index (κ1) is 68.2. The normalized spacial score (nSPS) is 19.1. The van der Waals surface area contributed by atoms with Crippen LogP contribution in [0.1, 0.15) is 335 Å². The van der Waals surface area contributed by atoms with E-state index < -0.39 is 49.5 Å². The lowest BCUT2D eigenvalue weighted by Gasteiger charge is -2.40. The number of carbonyl (C=O) groups is 1. The SMILES string of the molecule is CCCCCCCCCCCCCCCCCCCCCCCCCCCCCCCCCCCCCCCCCCC(=O)NC(COC1OC(CO)C(O)C(O)C1O)C(O)CCCCCCCCCC. The molecule has 0 aromatic rings. The van der Waals surface area contributed by atoms with Gasteiger partial charge in [-0.05, 0) is 12.8 Å². The molecule has 0 aliphatic carbocycles. The zero-order valence-electron chi connectivity index (χ0n) is 47.3. The van der Waals surface area contributed by atoms with Crippen molar-refractivity contribution in [1.29, 1.82) is 0 Å². The van der Waals surface area contributed by atoms with Crippen molar-refractivity contribution in [1.82, 2.24) is 5.32 Å². The summed E-state index contributed by atoms with van der Waals surface area (Å²) < 4.78 is 11.3. The highest BCUT2D eigenvalue weighted by molar-refractivity contribution is 5.76. The van der Waals surface area contributed by atoms with Crippen LogP contribution < -0.4 is 5.32 Å². The fraction of sp³-hybridized carbons (Fsp3) is 0.984. The van der Waals surface area contributed by atoms with Crippen molar-refractivity contribution >= 4 is 5.91 Å². The van der Waals surface area contributed by atoms with Gasteiger partial charge in [0.2, 0.25) is 5.91 Å². The van der Waals surface area contributed by atoms with E-state index in [1.54, 1.807) is 0 Å². The van der Waals surface area contributed by atoms with Gasteiger partial charge in [0.05, 0.1) is 25.4 Å². The number of aliphatic hydroxyl groups is 5. The Bertz CT molecular complexity index is 1080. The van der Waals surface area contributed by atoms with Crippen molar-refractivity contribution in [3.05, 3.63) is 0 Å². The number of rotatable bonds is 56. The number of hydrogen-bond acceptors (Lipinski definition) is 8. The summed E-state index contributed by atoms with van der Waals surface area (Å²) in [5, 5.41) is 54.3. The highest BCUT2D eigenvalue weighted by Crippen LogP contribution is 2.24. The highest BCUT2D eigenvalue weighted by atomic mass is 16.7. The number of aliphatic hydroxyl groups excluding tert-OH is 5. The molecule has 1 fully saturated rings. The maximum absolute atomic E-state index is 13.0. The molecule has 1 aliphatic heterocycles. The van der Waals surface area contributed by atoms with Crippen LogP contribution in [0.2, 0.25) is 0 Å². The monoisotopic (exact) mass is 1010 g/mol. The molecule has 1 saturated heterocycles. The van der Waals surface area contributed by atoms with Gasteiger partial charge in [-0.1, -0.05) is 316 Å². The lowest BCUT2D eigenvalue weighted by Crippen LogP contribution is -2.60. The van der Waals surface area contributed by atoms with E-state index in [2.05, 4.69) is 19.2 Å². The van der Waals surface area contributed by atoms with Crippen LogP contribution in [0, 0.1) is 0 Å². The number of unbranched alkanes of at least 4 members (excludes halogenated alkanes) is 46. The van der Waals surface area contributed by atoms with Crippen molar-refractivity contribution in [3.63, 3.8) is 0 Å². The van der Waals surface area contributed by atoms with Crippen LogP contribution in [-0.4, -0.2) is 87.5 Å². The van der Waals surface area contributed by atoms with Crippen LogP contribution in [0.3, 0.4) is 0 Å². The molecule has 1 rings (SSSR count). The summed E-state index contributed by atoms with van der Waals surface area (Å²) >= 11 is 0. The van der Waals surface area contributed by atoms with E-state index in [-0.39, 0.29) is 12.5 Å². The van der Waals surface area contributed by atoms with Gasteiger partial charge in [0.15, 0.2) is 6.29 Å². The molecule has 0 spiro atoms. The summed E-state index contributed by atoms with van der Waals surface area (Å²) in [7, 11) is 0. The second kappa shape index (κ2) is 52.6. The number of carbonyl (C=O) groups excluding carboxylic acids is 1. The molecule has 424 valence electrons. The average molecular weight is 1010 g/mol. The molecule has 7 unspecified atom stereocenters.